The maximum atomic E-state index is 12.4. The lowest BCUT2D eigenvalue weighted by molar-refractivity contribution is -0.129. The van der Waals surface area contributed by atoms with Crippen molar-refractivity contribution in [2.24, 2.45) is 0 Å². The normalized spacial score (nSPS) is 14.2. The number of hydrogen-bond donors (Lipinski definition) is 1. The van der Waals surface area contributed by atoms with Crippen LogP contribution in [0.15, 0.2) is 28.9 Å². The Balaban J connectivity index is 1.65. The van der Waals surface area contributed by atoms with Gasteiger partial charge in [-0.3, -0.25) is 9.59 Å². The number of amides is 2. The lowest BCUT2D eigenvalue weighted by Gasteiger charge is -2.15. The highest BCUT2D eigenvalue weighted by Gasteiger charge is 2.20. The Hall–Kier alpha value is -2.50. The van der Waals surface area contributed by atoms with Crippen LogP contribution in [0.3, 0.4) is 0 Å². The van der Waals surface area contributed by atoms with Gasteiger partial charge in [-0.2, -0.15) is 0 Å². The molecule has 0 radical (unpaired) electrons. The minimum atomic E-state index is -0.207. The molecule has 6 nitrogen and oxygen atoms in total. The van der Waals surface area contributed by atoms with Crippen LogP contribution in [0.1, 0.15) is 40.3 Å². The Kier molecular flexibility index (Phi) is 4.74. The van der Waals surface area contributed by atoms with Gasteiger partial charge < -0.3 is 19.2 Å². The van der Waals surface area contributed by atoms with Crippen molar-refractivity contribution in [3.05, 3.63) is 47.2 Å². The topological polar surface area (TPSA) is 67.5 Å². The van der Waals surface area contributed by atoms with Crippen molar-refractivity contribution in [2.45, 2.75) is 33.2 Å². The molecule has 6 heteroatoms. The second kappa shape index (κ2) is 6.95. The van der Waals surface area contributed by atoms with Crippen molar-refractivity contribution in [3.63, 3.8) is 0 Å². The molecule has 0 aromatic carbocycles. The van der Waals surface area contributed by atoms with E-state index in [0.717, 1.165) is 43.1 Å². The van der Waals surface area contributed by atoms with E-state index in [2.05, 4.69) is 5.32 Å². The molecule has 128 valence electrons. The summed E-state index contributed by atoms with van der Waals surface area (Å²) < 4.78 is 7.42. The van der Waals surface area contributed by atoms with Crippen LogP contribution in [0, 0.1) is 13.8 Å². The fourth-order valence-corrected chi connectivity index (χ4v) is 3.16. The van der Waals surface area contributed by atoms with Crippen molar-refractivity contribution >= 4 is 11.8 Å². The average Bonchev–Trinajstić information content (AvgIpc) is 3.30. The van der Waals surface area contributed by atoms with Crippen LogP contribution < -0.4 is 5.32 Å². The van der Waals surface area contributed by atoms with Crippen LogP contribution in [-0.2, 0) is 11.3 Å². The smallest absolute Gasteiger partial charge is 0.253 e. The molecular formula is C18H23N3O3. The summed E-state index contributed by atoms with van der Waals surface area (Å²) >= 11 is 0. The van der Waals surface area contributed by atoms with Crippen molar-refractivity contribution in [2.75, 3.05) is 19.6 Å². The number of aromatic nitrogens is 1. The SMILES string of the molecule is Cc1cc(C(=O)NCC(=O)N2CCCC2)c(C)n1Cc1ccco1. The molecular weight excluding hydrogens is 306 g/mol. The van der Waals surface area contributed by atoms with Gasteiger partial charge in [-0.05, 0) is 44.9 Å². The lowest BCUT2D eigenvalue weighted by atomic mass is 10.2. The average molecular weight is 329 g/mol. The Labute approximate surface area is 141 Å². The number of carbonyl (C=O) groups is 2. The third kappa shape index (κ3) is 3.37. The lowest BCUT2D eigenvalue weighted by Crippen LogP contribution is -2.38. The van der Waals surface area contributed by atoms with Crippen LogP contribution in [0.2, 0.25) is 0 Å². The van der Waals surface area contributed by atoms with E-state index in [4.69, 9.17) is 4.42 Å². The zero-order chi connectivity index (χ0) is 17.1. The maximum Gasteiger partial charge on any atom is 0.253 e. The molecule has 3 rings (SSSR count). The molecule has 2 amide bonds. The van der Waals surface area contributed by atoms with Crippen molar-refractivity contribution < 1.29 is 14.0 Å². The Morgan fingerprint density at radius 2 is 2.00 bits per heavy atom. The predicted molar refractivity (Wildman–Crippen MR) is 89.9 cm³/mol. The summed E-state index contributed by atoms with van der Waals surface area (Å²) in [5, 5.41) is 2.75. The number of likely N-dealkylation sites (tertiary alicyclic amines) is 1. The first-order valence-corrected chi connectivity index (χ1v) is 8.31. The summed E-state index contributed by atoms with van der Waals surface area (Å²) in [5.41, 5.74) is 2.46. The van der Waals surface area contributed by atoms with E-state index in [1.807, 2.05) is 36.6 Å². The van der Waals surface area contributed by atoms with E-state index in [0.29, 0.717) is 12.1 Å². The number of nitrogens with zero attached hydrogens (tertiary/aromatic N) is 2. The summed E-state index contributed by atoms with van der Waals surface area (Å²) in [7, 11) is 0. The number of nitrogens with one attached hydrogen (secondary N) is 1. The number of carbonyl (C=O) groups excluding carboxylic acids is 2. The fraction of sp³-hybridized carbons (Fsp3) is 0.444. The van der Waals surface area contributed by atoms with E-state index in [1.165, 1.54) is 0 Å². The van der Waals surface area contributed by atoms with Crippen LogP contribution in [-0.4, -0.2) is 40.9 Å². The summed E-state index contributed by atoms with van der Waals surface area (Å²) in [4.78, 5) is 26.3. The quantitative estimate of drug-likeness (QED) is 0.913. The van der Waals surface area contributed by atoms with E-state index >= 15 is 0 Å². The Morgan fingerprint density at radius 3 is 2.67 bits per heavy atom. The van der Waals surface area contributed by atoms with Crippen LogP contribution >= 0.6 is 0 Å². The van der Waals surface area contributed by atoms with Gasteiger partial charge in [-0.25, -0.2) is 0 Å². The number of hydrogen-bond acceptors (Lipinski definition) is 3. The molecule has 1 N–H and O–H groups in total. The molecule has 1 fully saturated rings. The molecule has 0 atom stereocenters. The van der Waals surface area contributed by atoms with Crippen molar-refractivity contribution in [1.82, 2.24) is 14.8 Å². The Morgan fingerprint density at radius 1 is 1.25 bits per heavy atom. The minimum absolute atomic E-state index is 0.00903. The predicted octanol–water partition coefficient (Wildman–Crippen LogP) is 2.10. The van der Waals surface area contributed by atoms with Gasteiger partial charge in [-0.15, -0.1) is 0 Å². The summed E-state index contributed by atoms with van der Waals surface area (Å²) in [6, 6.07) is 5.61. The Bertz CT molecular complexity index is 725. The molecule has 3 heterocycles. The van der Waals surface area contributed by atoms with Gasteiger partial charge in [0, 0.05) is 24.5 Å². The standard InChI is InChI=1S/C18H23N3O3/c1-13-10-16(14(2)21(13)12-15-6-5-9-24-15)18(23)19-11-17(22)20-7-3-4-8-20/h5-6,9-10H,3-4,7-8,11-12H2,1-2H3,(H,19,23). The first-order valence-electron chi connectivity index (χ1n) is 8.31. The second-order valence-electron chi connectivity index (χ2n) is 6.22. The molecule has 2 aromatic rings. The van der Waals surface area contributed by atoms with Gasteiger partial charge in [0.2, 0.25) is 5.91 Å². The van der Waals surface area contributed by atoms with Crippen LogP contribution in [0.25, 0.3) is 0 Å². The molecule has 1 saturated heterocycles. The monoisotopic (exact) mass is 329 g/mol. The fourth-order valence-electron chi connectivity index (χ4n) is 3.16. The van der Waals surface area contributed by atoms with Crippen LogP contribution in [0.4, 0.5) is 0 Å². The van der Waals surface area contributed by atoms with Crippen molar-refractivity contribution in [1.29, 1.82) is 0 Å². The zero-order valence-electron chi connectivity index (χ0n) is 14.2. The highest BCUT2D eigenvalue weighted by Crippen LogP contribution is 2.17. The molecule has 1 aliphatic rings. The highest BCUT2D eigenvalue weighted by atomic mass is 16.3. The van der Waals surface area contributed by atoms with E-state index in [-0.39, 0.29) is 18.4 Å². The molecule has 24 heavy (non-hydrogen) atoms. The molecule has 1 aliphatic heterocycles. The summed E-state index contributed by atoms with van der Waals surface area (Å²) in [6.45, 7) is 6.11. The number of furan rings is 1. The van der Waals surface area contributed by atoms with Gasteiger partial charge in [0.1, 0.15) is 5.76 Å². The molecule has 0 aliphatic carbocycles. The van der Waals surface area contributed by atoms with Crippen molar-refractivity contribution in [3.8, 4) is 0 Å². The van der Waals surface area contributed by atoms with Crippen LogP contribution in [0.5, 0.6) is 0 Å². The van der Waals surface area contributed by atoms with Gasteiger partial charge in [-0.1, -0.05) is 0 Å². The molecule has 0 saturated carbocycles. The van der Waals surface area contributed by atoms with Gasteiger partial charge in [0.25, 0.3) is 5.91 Å². The molecule has 0 unspecified atom stereocenters. The summed E-state index contributed by atoms with van der Waals surface area (Å²) in [5.74, 6) is 0.625. The van der Waals surface area contributed by atoms with E-state index < -0.39 is 0 Å². The maximum absolute atomic E-state index is 12.4. The first kappa shape index (κ1) is 16.4. The van der Waals surface area contributed by atoms with Gasteiger partial charge in [0.05, 0.1) is 24.9 Å². The summed E-state index contributed by atoms with van der Waals surface area (Å²) in [6.07, 6.45) is 3.74. The third-order valence-electron chi connectivity index (χ3n) is 4.57. The van der Waals surface area contributed by atoms with Gasteiger partial charge >= 0.3 is 0 Å². The molecule has 0 bridgehead atoms. The largest absolute Gasteiger partial charge is 0.467 e. The molecule has 0 spiro atoms. The first-order chi connectivity index (χ1) is 11.6. The third-order valence-corrected chi connectivity index (χ3v) is 4.57. The highest BCUT2D eigenvalue weighted by molar-refractivity contribution is 5.97. The number of rotatable bonds is 5. The number of aryl methyl sites for hydroxylation is 1. The molecule has 2 aromatic heterocycles. The second-order valence-corrected chi connectivity index (χ2v) is 6.22. The van der Waals surface area contributed by atoms with E-state index in [1.54, 1.807) is 11.2 Å². The van der Waals surface area contributed by atoms with E-state index in [9.17, 15) is 9.59 Å². The van der Waals surface area contributed by atoms with Gasteiger partial charge in [0.15, 0.2) is 0 Å². The minimum Gasteiger partial charge on any atom is -0.467 e. The zero-order valence-corrected chi connectivity index (χ0v) is 14.2.